The van der Waals surface area contributed by atoms with Crippen molar-refractivity contribution in [1.82, 2.24) is 9.80 Å². The second kappa shape index (κ2) is 11.9. The summed E-state index contributed by atoms with van der Waals surface area (Å²) in [5.74, 6) is -0.0550. The number of benzene rings is 1. The molecule has 2 aliphatic heterocycles. The maximum absolute atomic E-state index is 12.4. The SMILES string of the molecule is CCCCOC(=O)CC(CN1CCN(c2ccccc2C#N)CC1)N1CCCCC1. The first-order chi connectivity index (χ1) is 14.7. The third kappa shape index (κ3) is 6.45. The van der Waals surface area contributed by atoms with E-state index in [-0.39, 0.29) is 12.0 Å². The maximum atomic E-state index is 12.4. The number of hydrogen-bond donors (Lipinski definition) is 0. The summed E-state index contributed by atoms with van der Waals surface area (Å²) in [5.41, 5.74) is 1.78. The van der Waals surface area contributed by atoms with Crippen molar-refractivity contribution in [2.24, 2.45) is 0 Å². The van der Waals surface area contributed by atoms with Crippen LogP contribution in [0.5, 0.6) is 0 Å². The van der Waals surface area contributed by atoms with Crippen molar-refractivity contribution < 1.29 is 9.53 Å². The van der Waals surface area contributed by atoms with E-state index in [1.165, 1.54) is 19.3 Å². The largest absolute Gasteiger partial charge is 0.466 e. The van der Waals surface area contributed by atoms with Crippen molar-refractivity contribution in [3.8, 4) is 6.07 Å². The van der Waals surface area contributed by atoms with Gasteiger partial charge in [0.1, 0.15) is 6.07 Å². The van der Waals surface area contributed by atoms with Crippen LogP contribution in [0.1, 0.15) is 51.0 Å². The lowest BCUT2D eigenvalue weighted by Crippen LogP contribution is -2.53. The Labute approximate surface area is 181 Å². The van der Waals surface area contributed by atoms with Crippen molar-refractivity contribution in [2.75, 3.05) is 57.3 Å². The van der Waals surface area contributed by atoms with Gasteiger partial charge in [-0.2, -0.15) is 5.26 Å². The number of para-hydroxylation sites is 1. The molecule has 1 aromatic carbocycles. The molecule has 1 unspecified atom stereocenters. The normalized spacial score (nSPS) is 19.3. The Morgan fingerprint density at radius 2 is 1.83 bits per heavy atom. The molecule has 2 fully saturated rings. The lowest BCUT2D eigenvalue weighted by Gasteiger charge is -2.41. The van der Waals surface area contributed by atoms with E-state index in [1.807, 2.05) is 24.3 Å². The van der Waals surface area contributed by atoms with Crippen molar-refractivity contribution in [3.63, 3.8) is 0 Å². The molecule has 2 aliphatic rings. The Balaban J connectivity index is 1.55. The third-order valence-electron chi connectivity index (χ3n) is 6.28. The molecule has 164 valence electrons. The fourth-order valence-electron chi connectivity index (χ4n) is 4.49. The van der Waals surface area contributed by atoms with Crippen molar-refractivity contribution in [2.45, 2.75) is 51.5 Å². The van der Waals surface area contributed by atoms with Gasteiger partial charge in [-0.05, 0) is 44.5 Å². The minimum atomic E-state index is -0.0550. The number of piperazine rings is 1. The van der Waals surface area contributed by atoms with Crippen LogP contribution in [-0.4, -0.2) is 74.2 Å². The Hall–Kier alpha value is -2.10. The minimum Gasteiger partial charge on any atom is -0.466 e. The number of nitrogens with zero attached hydrogens (tertiary/aromatic N) is 4. The zero-order chi connectivity index (χ0) is 21.2. The lowest BCUT2D eigenvalue weighted by atomic mass is 10.0. The standard InChI is InChI=1S/C24H36N4O2/c1-2-3-17-30-24(29)18-22(27-11-7-4-8-12-27)20-26-13-15-28(16-14-26)23-10-6-5-9-21(23)19-25/h5-6,9-10,22H,2-4,7-8,11-18,20H2,1H3. The summed E-state index contributed by atoms with van der Waals surface area (Å²) in [4.78, 5) is 19.7. The summed E-state index contributed by atoms with van der Waals surface area (Å²) >= 11 is 0. The summed E-state index contributed by atoms with van der Waals surface area (Å²) in [6.45, 7) is 9.46. The van der Waals surface area contributed by atoms with E-state index in [2.05, 4.69) is 27.7 Å². The van der Waals surface area contributed by atoms with E-state index in [1.54, 1.807) is 0 Å². The molecular formula is C24H36N4O2. The highest BCUT2D eigenvalue weighted by Gasteiger charge is 2.28. The van der Waals surface area contributed by atoms with Crippen LogP contribution < -0.4 is 4.90 Å². The van der Waals surface area contributed by atoms with Gasteiger partial charge in [-0.15, -0.1) is 0 Å². The molecule has 0 aromatic heterocycles. The molecule has 1 aromatic rings. The summed E-state index contributed by atoms with van der Waals surface area (Å²) < 4.78 is 5.47. The molecule has 6 heteroatoms. The smallest absolute Gasteiger partial charge is 0.307 e. The number of carbonyl (C=O) groups excluding carboxylic acids is 1. The summed E-state index contributed by atoms with van der Waals surface area (Å²) in [5, 5.41) is 9.39. The number of nitriles is 1. The molecule has 0 bridgehead atoms. The molecule has 0 amide bonds. The molecule has 0 radical (unpaired) electrons. The van der Waals surface area contributed by atoms with E-state index in [9.17, 15) is 10.1 Å². The molecular weight excluding hydrogens is 376 g/mol. The first kappa shape index (κ1) is 22.6. The van der Waals surface area contributed by atoms with Gasteiger partial charge >= 0.3 is 5.97 Å². The van der Waals surface area contributed by atoms with Crippen LogP contribution >= 0.6 is 0 Å². The average molecular weight is 413 g/mol. The second-order valence-electron chi connectivity index (χ2n) is 8.45. The van der Waals surface area contributed by atoms with E-state index >= 15 is 0 Å². The van der Waals surface area contributed by atoms with Gasteiger partial charge in [-0.25, -0.2) is 0 Å². The predicted molar refractivity (Wildman–Crippen MR) is 120 cm³/mol. The zero-order valence-electron chi connectivity index (χ0n) is 18.4. The third-order valence-corrected chi connectivity index (χ3v) is 6.28. The molecule has 6 nitrogen and oxygen atoms in total. The number of hydrogen-bond acceptors (Lipinski definition) is 6. The van der Waals surface area contributed by atoms with Crippen LogP contribution in [-0.2, 0) is 9.53 Å². The van der Waals surface area contributed by atoms with Gasteiger partial charge in [0, 0.05) is 38.8 Å². The Morgan fingerprint density at radius 3 is 2.53 bits per heavy atom. The Kier molecular flexibility index (Phi) is 8.98. The number of carbonyl (C=O) groups is 1. The number of ether oxygens (including phenoxy) is 1. The summed E-state index contributed by atoms with van der Waals surface area (Å²) in [6.07, 6.45) is 6.21. The Morgan fingerprint density at radius 1 is 1.10 bits per heavy atom. The first-order valence-electron chi connectivity index (χ1n) is 11.6. The van der Waals surface area contributed by atoms with E-state index < -0.39 is 0 Å². The predicted octanol–water partition coefficient (Wildman–Crippen LogP) is 3.27. The summed E-state index contributed by atoms with van der Waals surface area (Å²) in [7, 11) is 0. The van der Waals surface area contributed by atoms with Crippen molar-refractivity contribution in [3.05, 3.63) is 29.8 Å². The van der Waals surface area contributed by atoms with E-state index in [0.717, 1.165) is 69.9 Å². The lowest BCUT2D eigenvalue weighted by molar-refractivity contribution is -0.145. The van der Waals surface area contributed by atoms with E-state index in [4.69, 9.17) is 4.74 Å². The number of unbranched alkanes of at least 4 members (excludes halogenated alkanes) is 1. The van der Waals surface area contributed by atoms with Gasteiger partial charge in [0.15, 0.2) is 0 Å². The monoisotopic (exact) mass is 412 g/mol. The van der Waals surface area contributed by atoms with Crippen LogP contribution in [0.15, 0.2) is 24.3 Å². The molecule has 3 rings (SSSR count). The fourth-order valence-corrected chi connectivity index (χ4v) is 4.49. The van der Waals surface area contributed by atoms with Crippen LogP contribution in [0.25, 0.3) is 0 Å². The number of anilines is 1. The van der Waals surface area contributed by atoms with Crippen LogP contribution in [0.4, 0.5) is 5.69 Å². The number of esters is 1. The number of likely N-dealkylation sites (tertiary alicyclic amines) is 1. The molecule has 30 heavy (non-hydrogen) atoms. The molecule has 0 aliphatic carbocycles. The highest BCUT2D eigenvalue weighted by Crippen LogP contribution is 2.22. The molecule has 2 heterocycles. The fraction of sp³-hybridized carbons (Fsp3) is 0.667. The van der Waals surface area contributed by atoms with Crippen molar-refractivity contribution in [1.29, 1.82) is 5.26 Å². The van der Waals surface area contributed by atoms with Crippen LogP contribution in [0.2, 0.25) is 0 Å². The van der Waals surface area contributed by atoms with Gasteiger partial charge < -0.3 is 9.64 Å². The maximum Gasteiger partial charge on any atom is 0.307 e. The van der Waals surface area contributed by atoms with Gasteiger partial charge in [0.25, 0.3) is 0 Å². The van der Waals surface area contributed by atoms with Gasteiger partial charge in [0.05, 0.1) is 24.3 Å². The average Bonchev–Trinajstić information content (AvgIpc) is 2.80. The molecule has 0 spiro atoms. The van der Waals surface area contributed by atoms with Crippen LogP contribution in [0, 0.1) is 11.3 Å². The van der Waals surface area contributed by atoms with Crippen LogP contribution in [0.3, 0.4) is 0 Å². The Bertz CT molecular complexity index is 703. The van der Waals surface area contributed by atoms with Crippen molar-refractivity contribution >= 4 is 11.7 Å². The number of rotatable bonds is 9. The van der Waals surface area contributed by atoms with Gasteiger partial charge in [-0.3, -0.25) is 14.6 Å². The minimum absolute atomic E-state index is 0.0550. The quantitative estimate of drug-likeness (QED) is 0.458. The molecule has 0 N–H and O–H groups in total. The van der Waals surface area contributed by atoms with E-state index in [0.29, 0.717) is 13.0 Å². The first-order valence-corrected chi connectivity index (χ1v) is 11.6. The zero-order valence-corrected chi connectivity index (χ0v) is 18.4. The highest BCUT2D eigenvalue weighted by molar-refractivity contribution is 5.70. The topological polar surface area (TPSA) is 59.8 Å². The van der Waals surface area contributed by atoms with Gasteiger partial charge in [-0.1, -0.05) is 31.9 Å². The molecule has 2 saturated heterocycles. The van der Waals surface area contributed by atoms with Gasteiger partial charge in [0.2, 0.25) is 0 Å². The second-order valence-corrected chi connectivity index (χ2v) is 8.45. The molecule has 1 atom stereocenters. The summed E-state index contributed by atoms with van der Waals surface area (Å²) in [6, 6.07) is 10.4. The molecule has 0 saturated carbocycles. The highest BCUT2D eigenvalue weighted by atomic mass is 16.5. The number of piperidine rings is 1.